The molecule has 0 saturated carbocycles. The molecular formula is C63H109N2O6P. The minimum atomic E-state index is -4.61. The SMILES string of the molecule is CC/C=C\C/C=C\C/C=C\C/C=C\C/C=C\C/C=C\C/C=C\CCCCCCCCCCCCCCCCCCCC(=O)NC(COP(=O)([O-])OCC[N+](C)(C)C)C(O)/C=C/CC/C=C/CC/C=C/CCC. The monoisotopic (exact) mass is 1020 g/mol. The number of carbonyl (C=O) groups excluding carboxylic acids is 1. The van der Waals surface area contributed by atoms with Gasteiger partial charge in [-0.25, -0.2) is 0 Å². The van der Waals surface area contributed by atoms with Gasteiger partial charge in [0.25, 0.3) is 7.82 Å². The van der Waals surface area contributed by atoms with Crippen LogP contribution >= 0.6 is 7.82 Å². The predicted molar refractivity (Wildman–Crippen MR) is 311 cm³/mol. The van der Waals surface area contributed by atoms with E-state index < -0.39 is 26.6 Å². The maximum atomic E-state index is 12.9. The number of allylic oxidation sites excluding steroid dienone is 19. The molecule has 8 nitrogen and oxygen atoms in total. The van der Waals surface area contributed by atoms with Crippen LogP contribution in [0, 0.1) is 0 Å². The van der Waals surface area contributed by atoms with E-state index in [1.165, 1.54) is 96.3 Å². The maximum Gasteiger partial charge on any atom is 0.268 e. The molecule has 0 aliphatic carbocycles. The number of rotatable bonds is 51. The summed E-state index contributed by atoms with van der Waals surface area (Å²) in [5.41, 5.74) is 0. The second-order valence-corrected chi connectivity index (χ2v) is 21.7. The van der Waals surface area contributed by atoms with Gasteiger partial charge in [0.1, 0.15) is 13.2 Å². The second-order valence-electron chi connectivity index (χ2n) is 20.2. The second kappa shape index (κ2) is 52.8. The summed E-state index contributed by atoms with van der Waals surface area (Å²) in [5.74, 6) is -0.217. The van der Waals surface area contributed by atoms with Crippen molar-refractivity contribution in [3.8, 4) is 0 Å². The van der Waals surface area contributed by atoms with Crippen molar-refractivity contribution in [3.05, 3.63) is 122 Å². The lowest BCUT2D eigenvalue weighted by atomic mass is 10.0. The van der Waals surface area contributed by atoms with Crippen LogP contribution in [-0.4, -0.2) is 68.5 Å². The van der Waals surface area contributed by atoms with E-state index in [2.05, 4.69) is 129 Å². The normalized spacial score (nSPS) is 14.8. The number of carbonyl (C=O) groups is 1. The van der Waals surface area contributed by atoms with Gasteiger partial charge in [-0.2, -0.15) is 0 Å². The van der Waals surface area contributed by atoms with Crippen LogP contribution in [0.1, 0.15) is 219 Å². The van der Waals surface area contributed by atoms with E-state index in [0.717, 1.165) is 103 Å². The van der Waals surface area contributed by atoms with E-state index in [-0.39, 0.29) is 12.5 Å². The van der Waals surface area contributed by atoms with E-state index in [1.54, 1.807) is 6.08 Å². The summed E-state index contributed by atoms with van der Waals surface area (Å²) in [6.07, 6.45) is 78.8. The minimum Gasteiger partial charge on any atom is -0.756 e. The largest absolute Gasteiger partial charge is 0.756 e. The topological polar surface area (TPSA) is 108 Å². The first-order valence-corrected chi connectivity index (χ1v) is 30.4. The highest BCUT2D eigenvalue weighted by Crippen LogP contribution is 2.38. The van der Waals surface area contributed by atoms with Crippen LogP contribution in [0.2, 0.25) is 0 Å². The number of nitrogens with one attached hydrogen (secondary N) is 1. The fourth-order valence-electron chi connectivity index (χ4n) is 7.64. The van der Waals surface area contributed by atoms with Gasteiger partial charge in [-0.05, 0) is 96.3 Å². The number of amides is 1. The molecule has 0 aliphatic heterocycles. The maximum absolute atomic E-state index is 12.9. The van der Waals surface area contributed by atoms with Crippen LogP contribution in [0.25, 0.3) is 0 Å². The van der Waals surface area contributed by atoms with Crippen molar-refractivity contribution in [3.63, 3.8) is 0 Å². The molecule has 0 radical (unpaired) electrons. The third kappa shape index (κ3) is 54.7. The molecule has 0 aromatic heterocycles. The van der Waals surface area contributed by atoms with Crippen molar-refractivity contribution in [2.75, 3.05) is 40.9 Å². The van der Waals surface area contributed by atoms with E-state index in [9.17, 15) is 19.4 Å². The van der Waals surface area contributed by atoms with Gasteiger partial charge in [0.15, 0.2) is 0 Å². The molecule has 2 N–H and O–H groups in total. The van der Waals surface area contributed by atoms with Crippen LogP contribution in [0.3, 0.4) is 0 Å². The van der Waals surface area contributed by atoms with Crippen molar-refractivity contribution in [1.82, 2.24) is 5.32 Å². The molecule has 0 saturated heterocycles. The summed E-state index contributed by atoms with van der Waals surface area (Å²) >= 11 is 0. The average molecular weight is 1020 g/mol. The number of aliphatic hydroxyl groups excluding tert-OH is 1. The van der Waals surface area contributed by atoms with E-state index in [0.29, 0.717) is 17.4 Å². The predicted octanol–water partition coefficient (Wildman–Crippen LogP) is 17.1. The molecular weight excluding hydrogens is 912 g/mol. The van der Waals surface area contributed by atoms with Gasteiger partial charge in [-0.15, -0.1) is 0 Å². The van der Waals surface area contributed by atoms with Crippen molar-refractivity contribution < 1.29 is 32.9 Å². The number of aliphatic hydroxyl groups is 1. The number of hydrogen-bond acceptors (Lipinski definition) is 6. The molecule has 412 valence electrons. The summed E-state index contributed by atoms with van der Waals surface area (Å²) in [6, 6.07) is -0.914. The number of quaternary nitrogens is 1. The lowest BCUT2D eigenvalue weighted by Crippen LogP contribution is -2.45. The molecule has 0 aromatic carbocycles. The van der Waals surface area contributed by atoms with Gasteiger partial charge in [-0.3, -0.25) is 9.36 Å². The Morgan fingerprint density at radius 3 is 1.28 bits per heavy atom. The molecule has 72 heavy (non-hydrogen) atoms. The smallest absolute Gasteiger partial charge is 0.268 e. The third-order valence-corrected chi connectivity index (χ3v) is 13.1. The van der Waals surface area contributed by atoms with E-state index in [1.807, 2.05) is 27.2 Å². The first kappa shape index (κ1) is 68.9. The van der Waals surface area contributed by atoms with Crippen molar-refractivity contribution in [2.45, 2.75) is 231 Å². The lowest BCUT2D eigenvalue weighted by Gasteiger charge is -2.29. The number of unbranched alkanes of at least 4 members (excludes halogenated alkanes) is 20. The molecule has 0 aliphatic rings. The number of phosphoric ester groups is 1. The van der Waals surface area contributed by atoms with Crippen LogP contribution < -0.4 is 10.2 Å². The molecule has 0 aromatic rings. The molecule has 0 spiro atoms. The quantitative estimate of drug-likeness (QED) is 0.0272. The van der Waals surface area contributed by atoms with Crippen LogP contribution in [-0.2, 0) is 18.4 Å². The number of likely N-dealkylation sites (N-methyl/N-ethyl adjacent to an activating group) is 1. The van der Waals surface area contributed by atoms with E-state index >= 15 is 0 Å². The molecule has 1 amide bonds. The zero-order valence-electron chi connectivity index (χ0n) is 46.8. The zero-order valence-corrected chi connectivity index (χ0v) is 47.7. The Balaban J connectivity index is 3.98. The van der Waals surface area contributed by atoms with Crippen LogP contribution in [0.4, 0.5) is 0 Å². The van der Waals surface area contributed by atoms with Gasteiger partial charge in [0.2, 0.25) is 5.91 Å². The lowest BCUT2D eigenvalue weighted by molar-refractivity contribution is -0.870. The van der Waals surface area contributed by atoms with Crippen molar-refractivity contribution in [2.24, 2.45) is 0 Å². The molecule has 0 heterocycles. The molecule has 3 unspecified atom stereocenters. The molecule has 0 rings (SSSR count). The third-order valence-electron chi connectivity index (χ3n) is 12.1. The summed E-state index contributed by atoms with van der Waals surface area (Å²) in [5, 5.41) is 13.8. The van der Waals surface area contributed by atoms with Gasteiger partial charge >= 0.3 is 0 Å². The Morgan fingerprint density at radius 2 is 0.861 bits per heavy atom. The number of phosphoric acid groups is 1. The highest BCUT2D eigenvalue weighted by atomic mass is 31.2. The van der Waals surface area contributed by atoms with Crippen LogP contribution in [0.5, 0.6) is 0 Å². The zero-order chi connectivity index (χ0) is 52.7. The first-order chi connectivity index (χ1) is 35.0. The summed E-state index contributed by atoms with van der Waals surface area (Å²) in [6.45, 7) is 4.41. The number of hydrogen-bond donors (Lipinski definition) is 2. The Hall–Kier alpha value is -3.10. The van der Waals surface area contributed by atoms with Crippen LogP contribution in [0.15, 0.2) is 122 Å². The van der Waals surface area contributed by atoms with E-state index in [4.69, 9.17) is 9.05 Å². The fourth-order valence-corrected chi connectivity index (χ4v) is 8.37. The molecule has 0 fully saturated rings. The Bertz CT molecular complexity index is 1580. The fraction of sp³-hybridized carbons (Fsp3) is 0.667. The summed E-state index contributed by atoms with van der Waals surface area (Å²) < 4.78 is 23.2. The molecule has 0 bridgehead atoms. The summed E-state index contributed by atoms with van der Waals surface area (Å²) in [4.78, 5) is 25.4. The molecule has 3 atom stereocenters. The standard InChI is InChI=1S/C63H109N2O6P/c1-6-8-10-12-14-16-18-19-20-21-22-23-24-25-26-27-28-29-30-31-32-33-34-35-36-37-38-39-40-41-42-43-44-45-47-49-51-53-55-57-63(67)64-61(60-71-72(68,69)70-59-58-65(3,4)5)62(66)56-54-52-50-48-46-17-15-13-11-9-7-2/h8,10-11,13-14,16,19-20,22-23,25-26,28-29,31-32,46,48,54,56,61-62,66H,6-7,9,12,15,17-18,21,24,27,30,33-45,47,49-53,55,57-60H2,1-5H3,(H-,64,67,68,69)/b10-8-,13-11+,16-14-,20-19-,23-22-,26-25-,29-28-,32-31-,48-46+,56-54+. The highest BCUT2D eigenvalue weighted by Gasteiger charge is 2.23. The van der Waals surface area contributed by atoms with Gasteiger partial charge in [0, 0.05) is 6.42 Å². The Labute approximate surface area is 444 Å². The summed E-state index contributed by atoms with van der Waals surface area (Å²) in [7, 11) is 1.22. The van der Waals surface area contributed by atoms with Gasteiger partial charge in [0.05, 0.1) is 39.9 Å². The average Bonchev–Trinajstić information content (AvgIpc) is 3.34. The Kier molecular flexibility index (Phi) is 50.5. The van der Waals surface area contributed by atoms with Crippen molar-refractivity contribution in [1.29, 1.82) is 0 Å². The van der Waals surface area contributed by atoms with Crippen molar-refractivity contribution >= 4 is 13.7 Å². The van der Waals surface area contributed by atoms with Gasteiger partial charge < -0.3 is 28.8 Å². The Morgan fingerprint density at radius 1 is 0.500 bits per heavy atom. The highest BCUT2D eigenvalue weighted by molar-refractivity contribution is 7.45. The minimum absolute atomic E-state index is 0.0132. The first-order valence-electron chi connectivity index (χ1n) is 28.9. The van der Waals surface area contributed by atoms with Gasteiger partial charge in [-0.1, -0.05) is 238 Å². The molecule has 9 heteroatoms. The number of nitrogens with zero attached hydrogens (tertiary/aromatic N) is 1.